The van der Waals surface area contributed by atoms with Crippen LogP contribution in [-0.4, -0.2) is 62.4 Å². The van der Waals surface area contributed by atoms with E-state index in [2.05, 4.69) is 21.2 Å². The average Bonchev–Trinajstić information content (AvgIpc) is 2.90. The number of aromatic hydroxyl groups is 1. The van der Waals surface area contributed by atoms with E-state index in [1.54, 1.807) is 25.3 Å². The highest BCUT2D eigenvalue weighted by atomic mass is 35.5. The summed E-state index contributed by atoms with van der Waals surface area (Å²) in [7, 11) is 1.71. The number of phenols is 1. The number of carbonyl (C=O) groups is 1. The summed E-state index contributed by atoms with van der Waals surface area (Å²) >= 11 is 0. The number of halogens is 1. The maximum absolute atomic E-state index is 13.2. The summed E-state index contributed by atoms with van der Waals surface area (Å²) in [5, 5.41) is 13.5. The zero-order chi connectivity index (χ0) is 24.2. The van der Waals surface area contributed by atoms with Gasteiger partial charge in [0.1, 0.15) is 17.2 Å². The maximum Gasteiger partial charge on any atom is 0.326 e. The number of piperazine rings is 1. The van der Waals surface area contributed by atoms with Crippen molar-refractivity contribution in [2.45, 2.75) is 6.42 Å². The van der Waals surface area contributed by atoms with Crippen LogP contribution in [0.1, 0.15) is 6.42 Å². The summed E-state index contributed by atoms with van der Waals surface area (Å²) in [6.45, 7) is 5.24. The summed E-state index contributed by atoms with van der Waals surface area (Å²) in [4.78, 5) is 19.5. The van der Waals surface area contributed by atoms with Gasteiger partial charge in [-0.2, -0.15) is 0 Å². The number of nitrogens with zero attached hydrogens (tertiary/aromatic N) is 3. The fourth-order valence-electron chi connectivity index (χ4n) is 4.68. The van der Waals surface area contributed by atoms with Crippen molar-refractivity contribution in [2.75, 3.05) is 56.2 Å². The van der Waals surface area contributed by atoms with Gasteiger partial charge in [-0.1, -0.05) is 30.3 Å². The van der Waals surface area contributed by atoms with Crippen LogP contribution in [0.15, 0.2) is 66.7 Å². The van der Waals surface area contributed by atoms with E-state index < -0.39 is 0 Å². The maximum atomic E-state index is 13.2. The summed E-state index contributed by atoms with van der Waals surface area (Å²) in [5.41, 5.74) is 2.10. The van der Waals surface area contributed by atoms with E-state index in [4.69, 9.17) is 9.47 Å². The van der Waals surface area contributed by atoms with Gasteiger partial charge in [-0.15, -0.1) is 12.4 Å². The topological polar surface area (TPSA) is 77.5 Å². The molecule has 5 rings (SSSR count). The quantitative estimate of drug-likeness (QED) is 0.455. The van der Waals surface area contributed by atoms with Crippen molar-refractivity contribution in [1.82, 2.24) is 10.2 Å². The van der Waals surface area contributed by atoms with E-state index in [-0.39, 0.29) is 24.2 Å². The molecule has 0 aliphatic carbocycles. The molecule has 2 heterocycles. The molecule has 0 saturated carbocycles. The second-order valence-electron chi connectivity index (χ2n) is 8.62. The fraction of sp³-hybridized carbons (Fsp3) is 0.296. The smallest absolute Gasteiger partial charge is 0.326 e. The summed E-state index contributed by atoms with van der Waals surface area (Å²) in [5.74, 6) is 1.93. The molecule has 0 atom stereocenters. The number of hydrogen-bond acceptors (Lipinski definition) is 6. The highest BCUT2D eigenvalue weighted by Crippen LogP contribution is 2.50. The molecular formula is C27H31ClN4O4. The molecule has 9 heteroatoms. The first-order chi connectivity index (χ1) is 17.2. The summed E-state index contributed by atoms with van der Waals surface area (Å²) < 4.78 is 11.4. The lowest BCUT2D eigenvalue weighted by Gasteiger charge is -2.36. The first kappa shape index (κ1) is 25.5. The van der Waals surface area contributed by atoms with Gasteiger partial charge in [-0.25, -0.2) is 4.79 Å². The fourth-order valence-corrected chi connectivity index (χ4v) is 4.68. The molecule has 0 aromatic heterocycles. The molecule has 1 saturated heterocycles. The van der Waals surface area contributed by atoms with Gasteiger partial charge in [0.05, 0.1) is 18.5 Å². The highest BCUT2D eigenvalue weighted by molar-refractivity contribution is 6.04. The third-order valence-corrected chi connectivity index (χ3v) is 6.46. The zero-order valence-electron chi connectivity index (χ0n) is 20.2. The number of hydrogen-bond donors (Lipinski definition) is 2. The van der Waals surface area contributed by atoms with Crippen LogP contribution in [0, 0.1) is 0 Å². The Morgan fingerprint density at radius 3 is 2.42 bits per heavy atom. The first-order valence-corrected chi connectivity index (χ1v) is 11.9. The van der Waals surface area contributed by atoms with E-state index in [9.17, 15) is 9.90 Å². The number of carbonyl (C=O) groups excluding carboxylic acids is 1. The molecule has 3 aromatic rings. The lowest BCUT2D eigenvalue weighted by molar-refractivity contribution is 0.241. The number of urea groups is 1. The van der Waals surface area contributed by atoms with Crippen LogP contribution < -0.4 is 24.6 Å². The minimum atomic E-state index is -0.288. The van der Waals surface area contributed by atoms with Crippen molar-refractivity contribution in [3.05, 3.63) is 66.7 Å². The Labute approximate surface area is 217 Å². The molecule has 1 fully saturated rings. The first-order valence-electron chi connectivity index (χ1n) is 11.9. The van der Waals surface area contributed by atoms with Crippen molar-refractivity contribution in [1.29, 1.82) is 0 Å². The van der Waals surface area contributed by atoms with E-state index in [0.29, 0.717) is 29.4 Å². The SMILES string of the molecule is COc1ccccc1N1CCN(CCCNC(=O)N2c3ccccc3Oc3cccc(O)c32)CC1.Cl. The van der Waals surface area contributed by atoms with Gasteiger partial charge >= 0.3 is 6.03 Å². The van der Waals surface area contributed by atoms with Crippen molar-refractivity contribution in [3.63, 3.8) is 0 Å². The Morgan fingerprint density at radius 1 is 0.944 bits per heavy atom. The molecule has 0 unspecified atom stereocenters. The molecule has 2 amide bonds. The second-order valence-corrected chi connectivity index (χ2v) is 8.62. The van der Waals surface area contributed by atoms with Gasteiger partial charge in [0, 0.05) is 32.7 Å². The normalized spacial score (nSPS) is 14.7. The molecular weight excluding hydrogens is 480 g/mol. The molecule has 0 bridgehead atoms. The zero-order valence-corrected chi connectivity index (χ0v) is 21.0. The van der Waals surface area contributed by atoms with Crippen molar-refractivity contribution >= 4 is 35.5 Å². The Bertz CT molecular complexity index is 1200. The average molecular weight is 511 g/mol. The number of benzene rings is 3. The van der Waals surface area contributed by atoms with Crippen LogP contribution >= 0.6 is 12.4 Å². The number of rotatable bonds is 6. The number of ether oxygens (including phenoxy) is 2. The van der Waals surface area contributed by atoms with Gasteiger partial charge in [0.15, 0.2) is 11.5 Å². The molecule has 190 valence electrons. The molecule has 0 spiro atoms. The van der Waals surface area contributed by atoms with Crippen molar-refractivity contribution in [2.24, 2.45) is 0 Å². The molecule has 2 aliphatic heterocycles. The minimum absolute atomic E-state index is 0. The number of anilines is 3. The van der Waals surface area contributed by atoms with Crippen LogP contribution in [0.25, 0.3) is 0 Å². The number of para-hydroxylation sites is 5. The molecule has 2 aliphatic rings. The number of fused-ring (bicyclic) bond motifs is 2. The van der Waals surface area contributed by atoms with E-state index >= 15 is 0 Å². The monoisotopic (exact) mass is 510 g/mol. The van der Waals surface area contributed by atoms with E-state index in [0.717, 1.165) is 50.6 Å². The van der Waals surface area contributed by atoms with Crippen molar-refractivity contribution in [3.8, 4) is 23.0 Å². The van der Waals surface area contributed by atoms with Crippen LogP contribution in [0.4, 0.5) is 21.9 Å². The van der Waals surface area contributed by atoms with Crippen molar-refractivity contribution < 1.29 is 19.4 Å². The molecule has 8 nitrogen and oxygen atoms in total. The Hall–Kier alpha value is -3.62. The third-order valence-electron chi connectivity index (χ3n) is 6.46. The number of phenolic OH excluding ortho intramolecular Hbond substituents is 1. The third kappa shape index (κ3) is 5.15. The number of amides is 2. The highest BCUT2D eigenvalue weighted by Gasteiger charge is 2.31. The van der Waals surface area contributed by atoms with Crippen LogP contribution in [0.2, 0.25) is 0 Å². The van der Waals surface area contributed by atoms with Crippen LogP contribution in [-0.2, 0) is 0 Å². The van der Waals surface area contributed by atoms with Crippen LogP contribution in [0.3, 0.4) is 0 Å². The summed E-state index contributed by atoms with van der Waals surface area (Å²) in [6, 6.07) is 20.2. The predicted octanol–water partition coefficient (Wildman–Crippen LogP) is 4.99. The van der Waals surface area contributed by atoms with Gasteiger partial charge in [-0.05, 0) is 49.4 Å². The Kier molecular flexibility index (Phi) is 8.07. The standard InChI is InChI=1S/C27H30N4O4.ClH/c1-34-23-11-4-2-8-20(23)30-18-16-29(17-19-30)15-7-14-28-27(33)31-21-9-3-5-12-24(21)35-25-13-6-10-22(32)26(25)31;/h2-6,8-13,32H,7,14-19H2,1H3,(H,28,33);1H. The number of methoxy groups -OCH3 is 1. The van der Waals surface area contributed by atoms with Crippen LogP contribution in [0.5, 0.6) is 23.0 Å². The van der Waals surface area contributed by atoms with E-state index in [1.165, 1.54) is 4.90 Å². The number of nitrogens with one attached hydrogen (secondary N) is 1. The van der Waals surface area contributed by atoms with E-state index in [1.807, 2.05) is 42.5 Å². The summed E-state index contributed by atoms with van der Waals surface area (Å²) in [6.07, 6.45) is 0.833. The lowest BCUT2D eigenvalue weighted by Crippen LogP contribution is -2.47. The van der Waals surface area contributed by atoms with Gasteiger partial charge in [-0.3, -0.25) is 9.80 Å². The Morgan fingerprint density at radius 2 is 1.64 bits per heavy atom. The Balaban J connectivity index is 0.00000304. The largest absolute Gasteiger partial charge is 0.506 e. The second kappa shape index (κ2) is 11.4. The lowest BCUT2D eigenvalue weighted by atomic mass is 10.1. The van der Waals surface area contributed by atoms with Gasteiger partial charge < -0.3 is 24.8 Å². The minimum Gasteiger partial charge on any atom is -0.506 e. The molecule has 36 heavy (non-hydrogen) atoms. The van der Waals surface area contributed by atoms with Gasteiger partial charge in [0.25, 0.3) is 0 Å². The predicted molar refractivity (Wildman–Crippen MR) is 144 cm³/mol. The molecule has 0 radical (unpaired) electrons. The molecule has 3 aromatic carbocycles. The molecule has 2 N–H and O–H groups in total. The van der Waals surface area contributed by atoms with Gasteiger partial charge in [0.2, 0.25) is 0 Å².